The predicted octanol–water partition coefficient (Wildman–Crippen LogP) is 4.52. The summed E-state index contributed by atoms with van der Waals surface area (Å²) in [6.45, 7) is 4.53. The third kappa shape index (κ3) is 3.76. The van der Waals surface area contributed by atoms with E-state index < -0.39 is 0 Å². The average molecular weight is 384 g/mol. The Hall–Kier alpha value is -3.47. The number of benzene rings is 2. The smallest absolute Gasteiger partial charge is 0.254 e. The molecular weight excluding hydrogens is 360 g/mol. The topological polar surface area (TPSA) is 51.0 Å². The normalized spacial score (nSPS) is 11.0. The molecule has 0 aliphatic carbocycles. The van der Waals surface area contributed by atoms with Crippen LogP contribution >= 0.6 is 0 Å². The van der Waals surface area contributed by atoms with E-state index >= 15 is 0 Å². The number of amides is 1. The van der Waals surface area contributed by atoms with E-state index in [-0.39, 0.29) is 5.91 Å². The number of nitrogens with zero attached hydrogens (tertiary/aromatic N) is 4. The maximum Gasteiger partial charge on any atom is 0.254 e. The van der Waals surface area contributed by atoms with Crippen molar-refractivity contribution in [3.8, 4) is 11.3 Å². The number of carbonyl (C=O) groups excluding carboxylic acids is 1. The average Bonchev–Trinajstić information content (AvgIpc) is 3.03. The molecule has 0 aliphatic heterocycles. The molecule has 0 atom stereocenters. The molecule has 146 valence electrons. The SMILES string of the molecule is Cc1ccc(-c2cc(C(=O)N(C)Cc3cn(C)nc3C)c3ccccc3n2)cc1. The van der Waals surface area contributed by atoms with Crippen molar-refractivity contribution in [3.63, 3.8) is 0 Å². The molecule has 2 aromatic heterocycles. The number of para-hydroxylation sites is 1. The minimum absolute atomic E-state index is 0.0276. The van der Waals surface area contributed by atoms with Crippen molar-refractivity contribution < 1.29 is 4.79 Å². The molecular formula is C24H24N4O. The molecule has 0 N–H and O–H groups in total. The van der Waals surface area contributed by atoms with Crippen LogP contribution in [-0.2, 0) is 13.6 Å². The lowest BCUT2D eigenvalue weighted by atomic mass is 10.0. The van der Waals surface area contributed by atoms with Crippen molar-refractivity contribution in [3.05, 3.63) is 83.2 Å². The van der Waals surface area contributed by atoms with Crippen LogP contribution in [0.15, 0.2) is 60.8 Å². The molecule has 0 spiro atoms. The number of hydrogen-bond acceptors (Lipinski definition) is 3. The van der Waals surface area contributed by atoms with Crippen LogP contribution in [0.4, 0.5) is 0 Å². The van der Waals surface area contributed by atoms with Crippen LogP contribution in [0.25, 0.3) is 22.2 Å². The van der Waals surface area contributed by atoms with Crippen LogP contribution in [0.2, 0.25) is 0 Å². The third-order valence-corrected chi connectivity index (χ3v) is 5.16. The quantitative estimate of drug-likeness (QED) is 0.520. The summed E-state index contributed by atoms with van der Waals surface area (Å²) in [5.41, 5.74) is 6.46. The second-order valence-corrected chi connectivity index (χ2v) is 7.51. The number of fused-ring (bicyclic) bond motifs is 1. The van der Waals surface area contributed by atoms with Gasteiger partial charge >= 0.3 is 0 Å². The van der Waals surface area contributed by atoms with E-state index in [2.05, 4.69) is 24.2 Å². The molecule has 0 aliphatic rings. The van der Waals surface area contributed by atoms with Gasteiger partial charge in [0, 0.05) is 43.4 Å². The highest BCUT2D eigenvalue weighted by Gasteiger charge is 2.19. The van der Waals surface area contributed by atoms with E-state index in [1.807, 2.05) is 69.7 Å². The van der Waals surface area contributed by atoms with Crippen LogP contribution in [0.3, 0.4) is 0 Å². The molecule has 2 aromatic carbocycles. The zero-order valence-electron chi connectivity index (χ0n) is 17.2. The largest absolute Gasteiger partial charge is 0.337 e. The maximum absolute atomic E-state index is 13.4. The summed E-state index contributed by atoms with van der Waals surface area (Å²) in [5.74, 6) is -0.0276. The van der Waals surface area contributed by atoms with E-state index in [1.54, 1.807) is 9.58 Å². The zero-order chi connectivity index (χ0) is 20.5. The number of aryl methyl sites for hydroxylation is 3. The molecule has 4 aromatic rings. The number of carbonyl (C=O) groups is 1. The molecule has 4 rings (SSSR count). The summed E-state index contributed by atoms with van der Waals surface area (Å²) in [6.07, 6.45) is 1.96. The van der Waals surface area contributed by atoms with E-state index in [0.717, 1.165) is 33.4 Å². The summed E-state index contributed by atoms with van der Waals surface area (Å²) in [5, 5.41) is 5.24. The van der Waals surface area contributed by atoms with Gasteiger partial charge in [-0.2, -0.15) is 5.10 Å². The molecule has 5 heteroatoms. The number of aromatic nitrogens is 3. The summed E-state index contributed by atoms with van der Waals surface area (Å²) in [7, 11) is 3.72. The Morgan fingerprint density at radius 3 is 2.48 bits per heavy atom. The molecule has 0 fully saturated rings. The van der Waals surface area contributed by atoms with Crippen LogP contribution in [-0.4, -0.2) is 32.6 Å². The van der Waals surface area contributed by atoms with Gasteiger partial charge in [0.25, 0.3) is 5.91 Å². The Labute approximate surface area is 170 Å². The van der Waals surface area contributed by atoms with E-state index in [1.165, 1.54) is 5.56 Å². The highest BCUT2D eigenvalue weighted by atomic mass is 16.2. The minimum Gasteiger partial charge on any atom is -0.337 e. The molecule has 0 saturated carbocycles. The van der Waals surface area contributed by atoms with Crippen molar-refractivity contribution in [1.29, 1.82) is 0 Å². The van der Waals surface area contributed by atoms with Gasteiger partial charge in [0.1, 0.15) is 0 Å². The summed E-state index contributed by atoms with van der Waals surface area (Å²) >= 11 is 0. The van der Waals surface area contributed by atoms with Crippen molar-refractivity contribution in [2.45, 2.75) is 20.4 Å². The fourth-order valence-corrected chi connectivity index (χ4v) is 3.56. The van der Waals surface area contributed by atoms with Gasteiger partial charge in [0.05, 0.1) is 22.5 Å². The first-order chi connectivity index (χ1) is 13.9. The van der Waals surface area contributed by atoms with Crippen molar-refractivity contribution in [1.82, 2.24) is 19.7 Å². The fourth-order valence-electron chi connectivity index (χ4n) is 3.56. The van der Waals surface area contributed by atoms with Gasteiger partial charge < -0.3 is 4.90 Å². The van der Waals surface area contributed by atoms with Gasteiger partial charge in [-0.15, -0.1) is 0 Å². The van der Waals surface area contributed by atoms with Gasteiger partial charge in [-0.3, -0.25) is 9.48 Å². The Balaban J connectivity index is 1.76. The lowest BCUT2D eigenvalue weighted by Gasteiger charge is -2.18. The van der Waals surface area contributed by atoms with Crippen LogP contribution in [0.1, 0.15) is 27.2 Å². The van der Waals surface area contributed by atoms with Gasteiger partial charge in [-0.25, -0.2) is 4.98 Å². The van der Waals surface area contributed by atoms with Crippen LogP contribution < -0.4 is 0 Å². The molecule has 5 nitrogen and oxygen atoms in total. The zero-order valence-corrected chi connectivity index (χ0v) is 17.2. The first-order valence-electron chi connectivity index (χ1n) is 9.64. The minimum atomic E-state index is -0.0276. The van der Waals surface area contributed by atoms with Gasteiger partial charge in [0.15, 0.2) is 0 Å². The predicted molar refractivity (Wildman–Crippen MR) is 116 cm³/mol. The van der Waals surface area contributed by atoms with Gasteiger partial charge in [-0.05, 0) is 26.0 Å². The Morgan fingerprint density at radius 1 is 1.07 bits per heavy atom. The van der Waals surface area contributed by atoms with E-state index in [4.69, 9.17) is 4.98 Å². The number of pyridine rings is 1. The first-order valence-corrected chi connectivity index (χ1v) is 9.64. The van der Waals surface area contributed by atoms with Crippen LogP contribution in [0, 0.1) is 13.8 Å². The standard InChI is InChI=1S/C24H24N4O/c1-16-9-11-18(12-10-16)23-13-21(20-7-5-6-8-22(20)25-23)24(29)27(3)14-19-15-28(4)26-17(19)2/h5-13,15H,14H2,1-4H3. The Morgan fingerprint density at radius 2 is 1.79 bits per heavy atom. The molecule has 0 bridgehead atoms. The number of rotatable bonds is 4. The number of hydrogen-bond donors (Lipinski definition) is 0. The van der Waals surface area contributed by atoms with E-state index in [0.29, 0.717) is 12.1 Å². The van der Waals surface area contributed by atoms with Crippen LogP contribution in [0.5, 0.6) is 0 Å². The Kier molecular flexibility index (Phi) is 4.89. The molecule has 0 unspecified atom stereocenters. The molecule has 2 heterocycles. The second-order valence-electron chi connectivity index (χ2n) is 7.51. The Bertz CT molecular complexity index is 1190. The summed E-state index contributed by atoms with van der Waals surface area (Å²) in [4.78, 5) is 19.9. The fraction of sp³-hybridized carbons (Fsp3) is 0.208. The molecule has 29 heavy (non-hydrogen) atoms. The highest BCUT2D eigenvalue weighted by Crippen LogP contribution is 2.26. The first kappa shape index (κ1) is 18.9. The highest BCUT2D eigenvalue weighted by molar-refractivity contribution is 6.07. The lowest BCUT2D eigenvalue weighted by Crippen LogP contribution is -2.26. The summed E-state index contributed by atoms with van der Waals surface area (Å²) < 4.78 is 1.78. The lowest BCUT2D eigenvalue weighted by molar-refractivity contribution is 0.0787. The third-order valence-electron chi connectivity index (χ3n) is 5.16. The van der Waals surface area contributed by atoms with Crippen molar-refractivity contribution >= 4 is 16.8 Å². The second kappa shape index (κ2) is 7.51. The summed E-state index contributed by atoms with van der Waals surface area (Å²) in [6, 6.07) is 17.9. The van der Waals surface area contributed by atoms with E-state index in [9.17, 15) is 4.79 Å². The van der Waals surface area contributed by atoms with Gasteiger partial charge in [-0.1, -0.05) is 48.0 Å². The molecule has 1 amide bonds. The van der Waals surface area contributed by atoms with Crippen molar-refractivity contribution in [2.75, 3.05) is 7.05 Å². The molecule has 0 saturated heterocycles. The van der Waals surface area contributed by atoms with Gasteiger partial charge in [0.2, 0.25) is 0 Å². The monoisotopic (exact) mass is 384 g/mol. The molecule has 0 radical (unpaired) electrons. The van der Waals surface area contributed by atoms with Crippen molar-refractivity contribution in [2.24, 2.45) is 7.05 Å². The maximum atomic E-state index is 13.4.